The van der Waals surface area contributed by atoms with E-state index in [1.807, 2.05) is 48.8 Å². The fourth-order valence-electron chi connectivity index (χ4n) is 2.78. The molecule has 116 valence electrons. The lowest BCUT2D eigenvalue weighted by molar-refractivity contribution is -0.118. The molecule has 6 heteroatoms. The van der Waals surface area contributed by atoms with Gasteiger partial charge >= 0.3 is 0 Å². The van der Waals surface area contributed by atoms with Crippen molar-refractivity contribution in [2.24, 2.45) is 0 Å². The molecular formula is C17H16N4OS. The first kappa shape index (κ1) is 14.1. The van der Waals surface area contributed by atoms with Crippen molar-refractivity contribution in [1.29, 1.82) is 0 Å². The summed E-state index contributed by atoms with van der Waals surface area (Å²) < 4.78 is 0. The molecule has 0 atom stereocenters. The van der Waals surface area contributed by atoms with Gasteiger partial charge in [-0.3, -0.25) is 9.69 Å². The average Bonchev–Trinajstić information content (AvgIpc) is 3.06. The van der Waals surface area contributed by atoms with Crippen LogP contribution in [0.1, 0.15) is 4.88 Å². The molecule has 4 rings (SSSR count). The van der Waals surface area contributed by atoms with E-state index >= 15 is 0 Å². The SMILES string of the molecule is CN1CCN(C(=O)Cc2cccs2)c2nc3ccccc3nc21. The Hall–Kier alpha value is -2.47. The minimum Gasteiger partial charge on any atom is -0.355 e. The highest BCUT2D eigenvalue weighted by atomic mass is 32.1. The third-order valence-electron chi connectivity index (χ3n) is 4.02. The molecule has 5 nitrogen and oxygen atoms in total. The van der Waals surface area contributed by atoms with E-state index in [4.69, 9.17) is 9.97 Å². The molecule has 3 aromatic rings. The molecule has 1 amide bonds. The first-order valence-electron chi connectivity index (χ1n) is 7.53. The van der Waals surface area contributed by atoms with Gasteiger partial charge in [0.25, 0.3) is 0 Å². The molecule has 0 radical (unpaired) electrons. The number of anilines is 2. The molecule has 0 spiro atoms. The zero-order chi connectivity index (χ0) is 15.8. The number of amides is 1. The van der Waals surface area contributed by atoms with Gasteiger partial charge in [-0.15, -0.1) is 11.3 Å². The monoisotopic (exact) mass is 324 g/mol. The molecule has 0 bridgehead atoms. The maximum Gasteiger partial charge on any atom is 0.233 e. The molecule has 1 aliphatic rings. The number of thiophene rings is 1. The number of carbonyl (C=O) groups is 1. The summed E-state index contributed by atoms with van der Waals surface area (Å²) in [5.74, 6) is 1.51. The van der Waals surface area contributed by atoms with Gasteiger partial charge in [0, 0.05) is 25.0 Å². The van der Waals surface area contributed by atoms with Crippen LogP contribution in [-0.2, 0) is 11.2 Å². The number of rotatable bonds is 2. The number of nitrogens with zero attached hydrogens (tertiary/aromatic N) is 4. The van der Waals surface area contributed by atoms with E-state index < -0.39 is 0 Å². The summed E-state index contributed by atoms with van der Waals surface area (Å²) in [6.45, 7) is 1.40. The van der Waals surface area contributed by atoms with Crippen molar-refractivity contribution in [1.82, 2.24) is 9.97 Å². The standard InChI is InChI=1S/C17H16N4OS/c1-20-8-9-21(15(22)11-12-5-4-10-23-12)17-16(20)18-13-6-2-3-7-14(13)19-17/h2-7,10H,8-9,11H2,1H3. The summed E-state index contributed by atoms with van der Waals surface area (Å²) in [5.41, 5.74) is 1.67. The Morgan fingerprint density at radius 2 is 1.83 bits per heavy atom. The van der Waals surface area contributed by atoms with Crippen molar-refractivity contribution in [3.8, 4) is 0 Å². The van der Waals surface area contributed by atoms with Gasteiger partial charge in [-0.25, -0.2) is 9.97 Å². The molecule has 1 aromatic carbocycles. The van der Waals surface area contributed by atoms with Crippen LogP contribution in [0.4, 0.5) is 11.6 Å². The van der Waals surface area contributed by atoms with Gasteiger partial charge in [0.15, 0.2) is 11.6 Å². The molecule has 3 heterocycles. The minimum atomic E-state index is 0.0754. The number of aromatic nitrogens is 2. The first-order valence-corrected chi connectivity index (χ1v) is 8.41. The van der Waals surface area contributed by atoms with Crippen molar-refractivity contribution in [2.75, 3.05) is 29.9 Å². The summed E-state index contributed by atoms with van der Waals surface area (Å²) in [7, 11) is 1.99. The van der Waals surface area contributed by atoms with Crippen LogP contribution in [0.3, 0.4) is 0 Å². The van der Waals surface area contributed by atoms with Crippen molar-refractivity contribution in [2.45, 2.75) is 6.42 Å². The summed E-state index contributed by atoms with van der Waals surface area (Å²) >= 11 is 1.61. The maximum absolute atomic E-state index is 12.7. The molecule has 2 aromatic heterocycles. The van der Waals surface area contributed by atoms with Crippen LogP contribution in [0.2, 0.25) is 0 Å². The van der Waals surface area contributed by atoms with E-state index in [1.165, 1.54) is 0 Å². The van der Waals surface area contributed by atoms with Crippen LogP contribution >= 0.6 is 11.3 Å². The van der Waals surface area contributed by atoms with E-state index in [9.17, 15) is 4.79 Å². The average molecular weight is 324 g/mol. The first-order chi connectivity index (χ1) is 11.2. The lowest BCUT2D eigenvalue weighted by Crippen LogP contribution is -2.44. The van der Waals surface area contributed by atoms with Gasteiger partial charge in [-0.1, -0.05) is 18.2 Å². The van der Waals surface area contributed by atoms with Crippen LogP contribution in [0.15, 0.2) is 41.8 Å². The number of hydrogen-bond donors (Lipinski definition) is 0. The predicted octanol–water partition coefficient (Wildman–Crippen LogP) is 2.72. The number of para-hydroxylation sites is 2. The Labute approximate surface area is 138 Å². The molecule has 0 aliphatic carbocycles. The summed E-state index contributed by atoms with van der Waals surface area (Å²) in [6, 6.07) is 11.7. The second-order valence-electron chi connectivity index (χ2n) is 5.58. The topological polar surface area (TPSA) is 49.3 Å². The van der Waals surface area contributed by atoms with Gasteiger partial charge in [-0.2, -0.15) is 0 Å². The number of likely N-dealkylation sites (N-methyl/N-ethyl adjacent to an activating group) is 1. The Morgan fingerprint density at radius 1 is 1.09 bits per heavy atom. The normalized spacial score (nSPS) is 14.1. The maximum atomic E-state index is 12.7. The van der Waals surface area contributed by atoms with E-state index in [0.29, 0.717) is 18.8 Å². The zero-order valence-electron chi connectivity index (χ0n) is 12.8. The van der Waals surface area contributed by atoms with Crippen LogP contribution < -0.4 is 9.80 Å². The third-order valence-corrected chi connectivity index (χ3v) is 4.89. The number of fused-ring (bicyclic) bond motifs is 2. The van der Waals surface area contributed by atoms with Crippen molar-refractivity contribution in [3.63, 3.8) is 0 Å². The number of benzene rings is 1. The van der Waals surface area contributed by atoms with Crippen molar-refractivity contribution >= 4 is 39.9 Å². The summed E-state index contributed by atoms with van der Waals surface area (Å²) in [6.07, 6.45) is 0.412. The van der Waals surface area contributed by atoms with Crippen LogP contribution in [0, 0.1) is 0 Å². The highest BCUT2D eigenvalue weighted by Crippen LogP contribution is 2.31. The molecular weight excluding hydrogens is 308 g/mol. The van der Waals surface area contributed by atoms with Gasteiger partial charge in [0.1, 0.15) is 0 Å². The third kappa shape index (κ3) is 2.55. The second-order valence-corrected chi connectivity index (χ2v) is 6.61. The molecule has 1 aliphatic heterocycles. The molecule has 0 unspecified atom stereocenters. The quantitative estimate of drug-likeness (QED) is 0.727. The largest absolute Gasteiger partial charge is 0.355 e. The number of hydrogen-bond acceptors (Lipinski definition) is 5. The Bertz CT molecular complexity index is 862. The Balaban J connectivity index is 1.75. The van der Waals surface area contributed by atoms with Crippen molar-refractivity contribution < 1.29 is 4.79 Å². The van der Waals surface area contributed by atoms with Crippen LogP contribution in [0.25, 0.3) is 11.0 Å². The van der Waals surface area contributed by atoms with Crippen LogP contribution in [0.5, 0.6) is 0 Å². The Kier molecular flexibility index (Phi) is 3.46. The highest BCUT2D eigenvalue weighted by molar-refractivity contribution is 7.10. The van der Waals surface area contributed by atoms with E-state index in [2.05, 4.69) is 4.90 Å². The van der Waals surface area contributed by atoms with E-state index in [1.54, 1.807) is 16.2 Å². The van der Waals surface area contributed by atoms with Gasteiger partial charge in [-0.05, 0) is 23.6 Å². The zero-order valence-corrected chi connectivity index (χ0v) is 13.6. The van der Waals surface area contributed by atoms with Crippen molar-refractivity contribution in [3.05, 3.63) is 46.7 Å². The molecule has 0 fully saturated rings. The lowest BCUT2D eigenvalue weighted by Gasteiger charge is -2.33. The fourth-order valence-corrected chi connectivity index (χ4v) is 3.48. The van der Waals surface area contributed by atoms with Gasteiger partial charge < -0.3 is 4.90 Å². The van der Waals surface area contributed by atoms with Gasteiger partial charge in [0.05, 0.1) is 17.5 Å². The van der Waals surface area contributed by atoms with Crippen LogP contribution in [-0.4, -0.2) is 36.0 Å². The fraction of sp³-hybridized carbons (Fsp3) is 0.235. The summed E-state index contributed by atoms with van der Waals surface area (Å²) in [5, 5.41) is 1.99. The Morgan fingerprint density at radius 3 is 2.52 bits per heavy atom. The smallest absolute Gasteiger partial charge is 0.233 e. The van der Waals surface area contributed by atoms with E-state index in [-0.39, 0.29) is 5.91 Å². The van der Waals surface area contributed by atoms with Gasteiger partial charge in [0.2, 0.25) is 5.91 Å². The molecule has 0 saturated carbocycles. The predicted molar refractivity (Wildman–Crippen MR) is 93.2 cm³/mol. The number of carbonyl (C=O) groups excluding carboxylic acids is 1. The molecule has 0 saturated heterocycles. The minimum absolute atomic E-state index is 0.0754. The highest BCUT2D eigenvalue weighted by Gasteiger charge is 2.28. The second kappa shape index (κ2) is 5.62. The molecule has 0 N–H and O–H groups in total. The summed E-state index contributed by atoms with van der Waals surface area (Å²) in [4.78, 5) is 27.0. The van der Waals surface area contributed by atoms with E-state index in [0.717, 1.165) is 28.3 Å². The lowest BCUT2D eigenvalue weighted by atomic mass is 10.2. The molecule has 23 heavy (non-hydrogen) atoms.